The molecule has 2 N–H and O–H groups in total. The number of hydrogen-bond donors (Lipinski definition) is 1. The van der Waals surface area contributed by atoms with Crippen LogP contribution in [0.3, 0.4) is 0 Å². The molecule has 0 aromatic heterocycles. The Morgan fingerprint density at radius 2 is 1.84 bits per heavy atom. The maximum Gasteiger partial charge on any atom is 0.147 e. The summed E-state index contributed by atoms with van der Waals surface area (Å²) in [5, 5.41) is 0.953. The standard InChI is InChI=1S/C14H12Cl2FNO/c15-10-1-3-12(16)14(8-10)19-13-4-2-11(17)7-9(13)5-6-18/h1-4,7-8H,5-6,18H2. The van der Waals surface area contributed by atoms with Crippen LogP contribution in [0.25, 0.3) is 0 Å². The van der Waals surface area contributed by atoms with E-state index < -0.39 is 0 Å². The molecule has 2 aromatic rings. The van der Waals surface area contributed by atoms with Gasteiger partial charge in [0.25, 0.3) is 0 Å². The van der Waals surface area contributed by atoms with E-state index in [1.807, 2.05) is 0 Å². The number of halogens is 3. The molecule has 5 heteroatoms. The van der Waals surface area contributed by atoms with E-state index in [4.69, 9.17) is 33.7 Å². The first-order valence-corrected chi connectivity index (χ1v) is 6.47. The molecule has 0 amide bonds. The summed E-state index contributed by atoms with van der Waals surface area (Å²) >= 11 is 11.9. The lowest BCUT2D eigenvalue weighted by molar-refractivity contribution is 0.474. The summed E-state index contributed by atoms with van der Waals surface area (Å²) in [6, 6.07) is 9.21. The monoisotopic (exact) mass is 299 g/mol. The molecule has 100 valence electrons. The Morgan fingerprint density at radius 3 is 2.58 bits per heavy atom. The molecule has 2 nitrogen and oxygen atoms in total. The van der Waals surface area contributed by atoms with E-state index in [1.165, 1.54) is 12.1 Å². The van der Waals surface area contributed by atoms with Crippen molar-refractivity contribution in [3.63, 3.8) is 0 Å². The first kappa shape index (κ1) is 14.1. The van der Waals surface area contributed by atoms with Gasteiger partial charge in [-0.3, -0.25) is 0 Å². The number of nitrogens with two attached hydrogens (primary N) is 1. The van der Waals surface area contributed by atoms with Gasteiger partial charge in [0.15, 0.2) is 0 Å². The van der Waals surface area contributed by atoms with Gasteiger partial charge < -0.3 is 10.5 Å². The highest BCUT2D eigenvalue weighted by molar-refractivity contribution is 6.34. The summed E-state index contributed by atoms with van der Waals surface area (Å²) in [4.78, 5) is 0. The minimum atomic E-state index is -0.326. The van der Waals surface area contributed by atoms with E-state index in [9.17, 15) is 4.39 Å². The van der Waals surface area contributed by atoms with Crippen molar-refractivity contribution in [1.29, 1.82) is 0 Å². The van der Waals surface area contributed by atoms with Crippen molar-refractivity contribution in [3.8, 4) is 11.5 Å². The Kier molecular flexibility index (Phi) is 4.64. The van der Waals surface area contributed by atoms with E-state index in [0.717, 1.165) is 0 Å². The largest absolute Gasteiger partial charge is 0.455 e. The summed E-state index contributed by atoms with van der Waals surface area (Å²) in [6.45, 7) is 0.406. The van der Waals surface area contributed by atoms with Crippen LogP contribution < -0.4 is 10.5 Å². The molecule has 0 spiro atoms. The summed E-state index contributed by atoms with van der Waals surface area (Å²) in [7, 11) is 0. The van der Waals surface area contributed by atoms with Gasteiger partial charge in [0, 0.05) is 11.1 Å². The van der Waals surface area contributed by atoms with Crippen LogP contribution in [-0.2, 0) is 6.42 Å². The fourth-order valence-corrected chi connectivity index (χ4v) is 1.99. The molecule has 0 aliphatic rings. The van der Waals surface area contributed by atoms with Gasteiger partial charge in [0.1, 0.15) is 17.3 Å². The Labute approximate surface area is 120 Å². The lowest BCUT2D eigenvalue weighted by atomic mass is 10.1. The molecule has 0 atom stereocenters. The van der Waals surface area contributed by atoms with Gasteiger partial charge >= 0.3 is 0 Å². The van der Waals surface area contributed by atoms with Crippen LogP contribution in [0.15, 0.2) is 36.4 Å². The van der Waals surface area contributed by atoms with Gasteiger partial charge in [0.05, 0.1) is 5.02 Å². The minimum absolute atomic E-state index is 0.326. The number of ether oxygens (including phenoxy) is 1. The molecule has 0 heterocycles. The van der Waals surface area contributed by atoms with Crippen LogP contribution in [0, 0.1) is 5.82 Å². The Hall–Kier alpha value is -1.29. The van der Waals surface area contributed by atoms with Crippen molar-refractivity contribution in [2.75, 3.05) is 6.54 Å². The SMILES string of the molecule is NCCc1cc(F)ccc1Oc1cc(Cl)ccc1Cl. The molecule has 0 unspecified atom stereocenters. The normalized spacial score (nSPS) is 10.5. The third-order valence-corrected chi connectivity index (χ3v) is 3.10. The van der Waals surface area contributed by atoms with E-state index in [2.05, 4.69) is 0 Å². The second-order valence-corrected chi connectivity index (χ2v) is 4.81. The van der Waals surface area contributed by atoms with Gasteiger partial charge in [-0.25, -0.2) is 4.39 Å². The quantitative estimate of drug-likeness (QED) is 0.906. The van der Waals surface area contributed by atoms with Crippen molar-refractivity contribution in [1.82, 2.24) is 0 Å². The molecule has 0 radical (unpaired) electrons. The maximum absolute atomic E-state index is 13.2. The summed E-state index contributed by atoms with van der Waals surface area (Å²) in [5.41, 5.74) is 6.19. The van der Waals surface area contributed by atoms with E-state index in [-0.39, 0.29) is 5.82 Å². The second-order valence-electron chi connectivity index (χ2n) is 3.97. The van der Waals surface area contributed by atoms with E-state index in [0.29, 0.717) is 40.1 Å². The first-order chi connectivity index (χ1) is 9.10. The molecule has 0 aliphatic carbocycles. The molecular formula is C14H12Cl2FNO. The highest BCUT2D eigenvalue weighted by Gasteiger charge is 2.09. The van der Waals surface area contributed by atoms with E-state index >= 15 is 0 Å². The van der Waals surface area contributed by atoms with Crippen LogP contribution in [0.2, 0.25) is 10.0 Å². The van der Waals surface area contributed by atoms with Crippen LogP contribution in [0.4, 0.5) is 4.39 Å². The van der Waals surface area contributed by atoms with Crippen LogP contribution >= 0.6 is 23.2 Å². The van der Waals surface area contributed by atoms with Crippen LogP contribution in [-0.4, -0.2) is 6.54 Å². The third-order valence-electron chi connectivity index (χ3n) is 2.55. The number of benzene rings is 2. The van der Waals surface area contributed by atoms with Gasteiger partial charge in [0.2, 0.25) is 0 Å². The molecule has 0 fully saturated rings. The zero-order valence-electron chi connectivity index (χ0n) is 10.00. The highest BCUT2D eigenvalue weighted by Crippen LogP contribution is 2.33. The average molecular weight is 300 g/mol. The lowest BCUT2D eigenvalue weighted by Gasteiger charge is -2.12. The van der Waals surface area contributed by atoms with Gasteiger partial charge in [-0.05, 0) is 48.9 Å². The molecule has 19 heavy (non-hydrogen) atoms. The van der Waals surface area contributed by atoms with Crippen LogP contribution in [0.5, 0.6) is 11.5 Å². The predicted octanol–water partition coefficient (Wildman–Crippen LogP) is 4.43. The Morgan fingerprint density at radius 1 is 1.05 bits per heavy atom. The van der Waals surface area contributed by atoms with Crippen molar-refractivity contribution in [3.05, 3.63) is 57.8 Å². The summed E-state index contributed by atoms with van der Waals surface area (Å²) < 4.78 is 18.9. The smallest absolute Gasteiger partial charge is 0.147 e. The zero-order chi connectivity index (χ0) is 13.8. The van der Waals surface area contributed by atoms with Gasteiger partial charge in [-0.15, -0.1) is 0 Å². The molecule has 0 saturated carbocycles. The van der Waals surface area contributed by atoms with Crippen molar-refractivity contribution < 1.29 is 9.13 Å². The second kappa shape index (κ2) is 6.24. The Balaban J connectivity index is 2.34. The third kappa shape index (κ3) is 3.60. The topological polar surface area (TPSA) is 35.2 Å². The Bertz CT molecular complexity index is 590. The predicted molar refractivity (Wildman–Crippen MR) is 75.7 cm³/mol. The van der Waals surface area contributed by atoms with Crippen molar-refractivity contribution in [2.24, 2.45) is 5.73 Å². The number of hydrogen-bond acceptors (Lipinski definition) is 2. The van der Waals surface area contributed by atoms with Crippen LogP contribution in [0.1, 0.15) is 5.56 Å². The molecule has 0 bridgehead atoms. The van der Waals surface area contributed by atoms with Gasteiger partial charge in [-0.1, -0.05) is 23.2 Å². The van der Waals surface area contributed by atoms with E-state index in [1.54, 1.807) is 24.3 Å². The molecular weight excluding hydrogens is 288 g/mol. The highest BCUT2D eigenvalue weighted by atomic mass is 35.5. The lowest BCUT2D eigenvalue weighted by Crippen LogP contribution is -2.04. The zero-order valence-corrected chi connectivity index (χ0v) is 11.5. The van der Waals surface area contributed by atoms with Crippen molar-refractivity contribution >= 4 is 23.2 Å². The fraction of sp³-hybridized carbons (Fsp3) is 0.143. The minimum Gasteiger partial charge on any atom is -0.455 e. The fourth-order valence-electron chi connectivity index (χ4n) is 1.67. The molecule has 0 saturated heterocycles. The molecule has 2 rings (SSSR count). The average Bonchev–Trinajstić information content (AvgIpc) is 2.37. The summed E-state index contributed by atoms with van der Waals surface area (Å²) in [5.74, 6) is 0.628. The maximum atomic E-state index is 13.2. The van der Waals surface area contributed by atoms with Crippen molar-refractivity contribution in [2.45, 2.75) is 6.42 Å². The number of rotatable bonds is 4. The summed E-state index contributed by atoms with van der Waals surface area (Å²) in [6.07, 6.45) is 0.519. The first-order valence-electron chi connectivity index (χ1n) is 5.71. The molecule has 0 aliphatic heterocycles. The molecule has 2 aromatic carbocycles. The van der Waals surface area contributed by atoms with Gasteiger partial charge in [-0.2, -0.15) is 0 Å².